The number of aryl methyl sites for hydroxylation is 2. The van der Waals surface area contributed by atoms with Gasteiger partial charge in [0.1, 0.15) is 17.1 Å². The first-order valence-corrected chi connectivity index (χ1v) is 9.28. The first-order chi connectivity index (χ1) is 14.3. The molecular formula is C23H19N3O4. The standard InChI is InChI=1S/C23H19N3O4/c1-13-3-8-17(11-14(13)2)26-23(29)19(22(28)25-26)12-18-9-10-20(30-18)15-4-6-16(7-5-15)21(24)27/h3-12H,1-2H3,(H2,24,27)(H,25,28)/b19-12-. The molecule has 1 aliphatic rings. The molecular weight excluding hydrogens is 382 g/mol. The average Bonchev–Trinajstić information content (AvgIpc) is 3.30. The number of carbonyl (C=O) groups excluding carboxylic acids is 3. The highest BCUT2D eigenvalue weighted by molar-refractivity contribution is 6.31. The molecule has 0 saturated carbocycles. The summed E-state index contributed by atoms with van der Waals surface area (Å²) in [6.07, 6.45) is 1.42. The molecule has 1 aromatic heterocycles. The Labute approximate surface area is 172 Å². The van der Waals surface area contributed by atoms with Crippen molar-refractivity contribution in [3.63, 3.8) is 0 Å². The molecule has 7 nitrogen and oxygen atoms in total. The highest BCUT2D eigenvalue weighted by atomic mass is 16.3. The van der Waals surface area contributed by atoms with Crippen molar-refractivity contribution in [2.24, 2.45) is 5.73 Å². The topological polar surface area (TPSA) is 106 Å². The van der Waals surface area contributed by atoms with Crippen molar-refractivity contribution >= 4 is 29.5 Å². The van der Waals surface area contributed by atoms with Gasteiger partial charge in [0.15, 0.2) is 0 Å². The number of nitrogens with one attached hydrogen (secondary N) is 1. The summed E-state index contributed by atoms with van der Waals surface area (Å²) in [6, 6.07) is 15.6. The van der Waals surface area contributed by atoms with Crippen molar-refractivity contribution in [3.05, 3.63) is 82.6 Å². The predicted octanol–water partition coefficient (Wildman–Crippen LogP) is 3.12. The van der Waals surface area contributed by atoms with Crippen molar-refractivity contribution in [2.75, 3.05) is 5.01 Å². The molecule has 3 amide bonds. The number of hydrazine groups is 1. The van der Waals surface area contributed by atoms with E-state index in [1.54, 1.807) is 42.5 Å². The fourth-order valence-electron chi connectivity index (χ4n) is 3.13. The van der Waals surface area contributed by atoms with E-state index in [4.69, 9.17) is 10.2 Å². The summed E-state index contributed by atoms with van der Waals surface area (Å²) in [5.74, 6) is -0.557. The normalized spacial score (nSPS) is 15.0. The van der Waals surface area contributed by atoms with Gasteiger partial charge in [-0.05, 0) is 67.4 Å². The second-order valence-electron chi connectivity index (χ2n) is 7.05. The van der Waals surface area contributed by atoms with Crippen LogP contribution < -0.4 is 16.2 Å². The van der Waals surface area contributed by atoms with E-state index >= 15 is 0 Å². The zero-order chi connectivity index (χ0) is 21.4. The van der Waals surface area contributed by atoms with E-state index in [9.17, 15) is 14.4 Å². The summed E-state index contributed by atoms with van der Waals surface area (Å²) in [7, 11) is 0. The van der Waals surface area contributed by atoms with Gasteiger partial charge in [0.25, 0.3) is 11.8 Å². The third kappa shape index (κ3) is 3.48. The van der Waals surface area contributed by atoms with Crippen LogP contribution in [-0.4, -0.2) is 17.7 Å². The van der Waals surface area contributed by atoms with Crippen molar-refractivity contribution in [1.82, 2.24) is 5.43 Å². The Morgan fingerprint density at radius 2 is 1.73 bits per heavy atom. The van der Waals surface area contributed by atoms with Gasteiger partial charge >= 0.3 is 0 Å². The molecule has 0 unspecified atom stereocenters. The SMILES string of the molecule is Cc1ccc(N2NC(=O)/C(=C/c3ccc(-c4ccc(C(N)=O)cc4)o3)C2=O)cc1C. The summed E-state index contributed by atoms with van der Waals surface area (Å²) in [5, 5.41) is 1.23. The molecule has 0 bridgehead atoms. The lowest BCUT2D eigenvalue weighted by molar-refractivity contribution is -0.117. The van der Waals surface area contributed by atoms with E-state index < -0.39 is 17.7 Å². The third-order valence-electron chi connectivity index (χ3n) is 5.01. The Morgan fingerprint density at radius 3 is 2.40 bits per heavy atom. The minimum atomic E-state index is -0.509. The maximum atomic E-state index is 12.8. The zero-order valence-corrected chi connectivity index (χ0v) is 16.4. The Morgan fingerprint density at radius 1 is 1.00 bits per heavy atom. The predicted molar refractivity (Wildman–Crippen MR) is 112 cm³/mol. The van der Waals surface area contributed by atoms with Crippen LogP contribution in [0.25, 0.3) is 17.4 Å². The van der Waals surface area contributed by atoms with E-state index in [0.29, 0.717) is 22.8 Å². The van der Waals surface area contributed by atoms with Gasteiger partial charge in [-0.15, -0.1) is 0 Å². The van der Waals surface area contributed by atoms with Crippen LogP contribution in [0.15, 0.2) is 64.6 Å². The van der Waals surface area contributed by atoms with Crippen LogP contribution in [0, 0.1) is 13.8 Å². The van der Waals surface area contributed by atoms with Gasteiger partial charge in [-0.3, -0.25) is 19.8 Å². The van der Waals surface area contributed by atoms with Gasteiger partial charge in [0, 0.05) is 11.1 Å². The maximum absolute atomic E-state index is 12.8. The molecule has 2 aromatic carbocycles. The first-order valence-electron chi connectivity index (χ1n) is 9.28. The molecule has 1 saturated heterocycles. The number of hydrogen-bond donors (Lipinski definition) is 2. The molecule has 30 heavy (non-hydrogen) atoms. The van der Waals surface area contributed by atoms with E-state index in [-0.39, 0.29) is 5.57 Å². The highest BCUT2D eigenvalue weighted by Crippen LogP contribution is 2.27. The number of primary amides is 1. The maximum Gasteiger partial charge on any atom is 0.282 e. The molecule has 150 valence electrons. The van der Waals surface area contributed by atoms with E-state index in [1.807, 2.05) is 26.0 Å². The Bertz CT molecular complexity index is 1210. The monoisotopic (exact) mass is 401 g/mol. The number of nitrogens with two attached hydrogens (primary N) is 1. The van der Waals surface area contributed by atoms with Crippen LogP contribution in [0.5, 0.6) is 0 Å². The van der Waals surface area contributed by atoms with Crippen molar-refractivity contribution in [1.29, 1.82) is 0 Å². The van der Waals surface area contributed by atoms with Crippen LogP contribution in [-0.2, 0) is 9.59 Å². The number of amides is 3. The summed E-state index contributed by atoms with van der Waals surface area (Å²) >= 11 is 0. The minimum Gasteiger partial charge on any atom is -0.457 e. The third-order valence-corrected chi connectivity index (χ3v) is 5.01. The van der Waals surface area contributed by atoms with Gasteiger partial charge in [0.05, 0.1) is 5.69 Å². The quantitative estimate of drug-likeness (QED) is 0.517. The molecule has 0 atom stereocenters. The molecule has 3 aromatic rings. The molecule has 2 heterocycles. The Kier molecular flexibility index (Phi) is 4.71. The second kappa shape index (κ2) is 7.36. The fraction of sp³-hybridized carbons (Fsp3) is 0.0870. The molecule has 0 aliphatic carbocycles. The van der Waals surface area contributed by atoms with Gasteiger partial charge in [-0.2, -0.15) is 0 Å². The van der Waals surface area contributed by atoms with Crippen LogP contribution in [0.2, 0.25) is 0 Å². The Hall–Kier alpha value is -4.13. The van der Waals surface area contributed by atoms with Crippen LogP contribution >= 0.6 is 0 Å². The number of rotatable bonds is 4. The van der Waals surface area contributed by atoms with Crippen molar-refractivity contribution in [2.45, 2.75) is 13.8 Å². The number of carbonyl (C=O) groups is 3. The molecule has 7 heteroatoms. The molecule has 1 aliphatic heterocycles. The summed E-state index contributed by atoms with van der Waals surface area (Å²) in [4.78, 5) is 36.3. The van der Waals surface area contributed by atoms with E-state index in [2.05, 4.69) is 5.43 Å². The van der Waals surface area contributed by atoms with Gasteiger partial charge in [0.2, 0.25) is 5.91 Å². The summed E-state index contributed by atoms with van der Waals surface area (Å²) in [6.45, 7) is 3.92. The van der Waals surface area contributed by atoms with Crippen molar-refractivity contribution in [3.8, 4) is 11.3 Å². The number of furan rings is 1. The molecule has 3 N–H and O–H groups in total. The lowest BCUT2D eigenvalue weighted by Gasteiger charge is -2.15. The molecule has 0 radical (unpaired) electrons. The zero-order valence-electron chi connectivity index (χ0n) is 16.4. The summed E-state index contributed by atoms with van der Waals surface area (Å²) in [5.41, 5.74) is 11.7. The van der Waals surface area contributed by atoms with Gasteiger partial charge in [-0.1, -0.05) is 18.2 Å². The Balaban J connectivity index is 1.59. The lowest BCUT2D eigenvalue weighted by atomic mass is 10.1. The molecule has 4 rings (SSSR count). The highest BCUT2D eigenvalue weighted by Gasteiger charge is 2.34. The number of hydrogen-bond acceptors (Lipinski definition) is 4. The van der Waals surface area contributed by atoms with E-state index in [1.165, 1.54) is 11.1 Å². The van der Waals surface area contributed by atoms with E-state index in [0.717, 1.165) is 16.7 Å². The largest absolute Gasteiger partial charge is 0.457 e. The average molecular weight is 401 g/mol. The number of benzene rings is 2. The lowest BCUT2D eigenvalue weighted by Crippen LogP contribution is -2.35. The second-order valence-corrected chi connectivity index (χ2v) is 7.05. The van der Waals surface area contributed by atoms with Crippen LogP contribution in [0.1, 0.15) is 27.2 Å². The summed E-state index contributed by atoms with van der Waals surface area (Å²) < 4.78 is 5.76. The smallest absolute Gasteiger partial charge is 0.282 e. The van der Waals surface area contributed by atoms with Crippen molar-refractivity contribution < 1.29 is 18.8 Å². The van der Waals surface area contributed by atoms with Gasteiger partial charge in [-0.25, -0.2) is 5.01 Å². The van der Waals surface area contributed by atoms with Crippen LogP contribution in [0.3, 0.4) is 0 Å². The van der Waals surface area contributed by atoms with Crippen LogP contribution in [0.4, 0.5) is 5.69 Å². The minimum absolute atomic E-state index is 0.0156. The molecule has 0 spiro atoms. The molecule has 1 fully saturated rings. The fourth-order valence-corrected chi connectivity index (χ4v) is 3.13. The van der Waals surface area contributed by atoms with Gasteiger partial charge < -0.3 is 10.2 Å². The first kappa shape index (κ1) is 19.2. The number of nitrogens with zero attached hydrogens (tertiary/aromatic N) is 1. The number of anilines is 1.